The van der Waals surface area contributed by atoms with Crippen LogP contribution in [0.15, 0.2) is 0 Å². The van der Waals surface area contributed by atoms with Gasteiger partial charge in [-0.05, 0) is 26.2 Å². The highest BCUT2D eigenvalue weighted by Crippen LogP contribution is 2.09. The monoisotopic (exact) mass is 217 g/mol. The first-order valence-electron chi connectivity index (χ1n) is 6.10. The topological polar surface area (TPSA) is 26.0 Å². The Kier molecular flexibility index (Phi) is 8.35. The molecule has 0 aliphatic rings. The Hall–Kier alpha value is -0.0800. The van der Waals surface area contributed by atoms with E-state index in [-0.39, 0.29) is 5.54 Å². The van der Waals surface area contributed by atoms with Crippen LogP contribution in [0.3, 0.4) is 0 Å². The normalized spacial score (nSPS) is 12.4. The molecule has 0 spiro atoms. The van der Waals surface area contributed by atoms with Gasteiger partial charge in [-0.1, -0.05) is 27.2 Å². The summed E-state index contributed by atoms with van der Waals surface area (Å²) in [5.74, 6) is 0.576. The molecule has 0 aliphatic heterocycles. The van der Waals surface area contributed by atoms with E-state index < -0.39 is 0 Å². The summed E-state index contributed by atoms with van der Waals surface area (Å²) in [6.45, 7) is 11.9. The van der Waals surface area contributed by atoms with E-state index in [0.717, 1.165) is 4.48 Å². The third-order valence-corrected chi connectivity index (χ3v) is 2.67. The van der Waals surface area contributed by atoms with Crippen molar-refractivity contribution in [3.8, 4) is 0 Å². The minimum atomic E-state index is 0. The Morgan fingerprint density at radius 2 is 1.47 bits per heavy atom. The highest BCUT2D eigenvalue weighted by Gasteiger charge is 2.14. The molecule has 2 nitrogen and oxygen atoms in total. The zero-order valence-corrected chi connectivity index (χ0v) is 12.2. The first kappa shape index (κ1) is 17.3. The van der Waals surface area contributed by atoms with Gasteiger partial charge in [0.2, 0.25) is 0 Å². The molecule has 15 heavy (non-hydrogen) atoms. The van der Waals surface area contributed by atoms with Gasteiger partial charge >= 0.3 is 0 Å². The number of nitrogens with two attached hydrogens (primary N) is 1. The van der Waals surface area contributed by atoms with Crippen molar-refractivity contribution in [1.29, 1.82) is 0 Å². The van der Waals surface area contributed by atoms with E-state index in [2.05, 4.69) is 41.9 Å². The van der Waals surface area contributed by atoms with Crippen LogP contribution >= 0.6 is 0 Å². The molecule has 0 rings (SSSR count). The predicted molar refractivity (Wildman–Crippen MR) is 70.9 cm³/mol. The minimum absolute atomic E-state index is 0. The molecule has 2 N–H and O–H groups in total. The maximum absolute atomic E-state index is 5.68. The number of hydrogen-bond donors (Lipinski definition) is 1. The number of rotatable bonds is 4. The van der Waals surface area contributed by atoms with Gasteiger partial charge in [0.25, 0.3) is 0 Å². The van der Waals surface area contributed by atoms with Crippen molar-refractivity contribution in [2.45, 2.75) is 53.0 Å². The van der Waals surface area contributed by atoms with Crippen LogP contribution in [0, 0.1) is 5.92 Å². The summed E-state index contributed by atoms with van der Waals surface area (Å²) in [5, 5.41) is 0. The van der Waals surface area contributed by atoms with Crippen molar-refractivity contribution < 1.29 is 4.48 Å². The van der Waals surface area contributed by atoms with Crippen LogP contribution < -0.4 is 5.73 Å². The van der Waals surface area contributed by atoms with Crippen molar-refractivity contribution in [3.63, 3.8) is 0 Å². The van der Waals surface area contributed by atoms with E-state index in [0.29, 0.717) is 5.92 Å². The Morgan fingerprint density at radius 3 is 1.53 bits per heavy atom. The summed E-state index contributed by atoms with van der Waals surface area (Å²) < 4.78 is 1.10. The molecule has 0 amide bonds. The van der Waals surface area contributed by atoms with Crippen molar-refractivity contribution in [2.24, 2.45) is 11.7 Å². The number of nitrogens with zero attached hydrogens (tertiary/aromatic N) is 1. The van der Waals surface area contributed by atoms with E-state index in [4.69, 9.17) is 5.73 Å². The Labute approximate surface area is 97.4 Å². The summed E-state index contributed by atoms with van der Waals surface area (Å²) in [7, 11) is 6.70. The van der Waals surface area contributed by atoms with E-state index in [1.807, 2.05) is 13.8 Å². The number of quaternary nitrogens is 1. The third-order valence-electron chi connectivity index (χ3n) is 2.67. The Balaban J connectivity index is 0. The SMILES string of the molecule is CC(C)C(C)(C)N.CCCC[N+](C)(C)C. The molecule has 0 bridgehead atoms. The van der Waals surface area contributed by atoms with E-state index >= 15 is 0 Å². The van der Waals surface area contributed by atoms with Gasteiger partial charge < -0.3 is 10.2 Å². The fraction of sp³-hybridized carbons (Fsp3) is 1.00. The fourth-order valence-electron chi connectivity index (χ4n) is 0.632. The average molecular weight is 217 g/mol. The summed E-state index contributed by atoms with van der Waals surface area (Å²) in [5.41, 5.74) is 5.68. The van der Waals surface area contributed by atoms with Crippen molar-refractivity contribution in [3.05, 3.63) is 0 Å². The van der Waals surface area contributed by atoms with Gasteiger partial charge in [0.1, 0.15) is 0 Å². The van der Waals surface area contributed by atoms with E-state index in [9.17, 15) is 0 Å². The standard InChI is InChI=1S/C7H18N.C6H15N/c1-5-6-7-8(2,3)4;1-5(2)6(3,4)7/h5-7H2,1-4H3;5H,7H2,1-4H3/q+1;. The Bertz CT molecular complexity index is 138. The smallest absolute Gasteiger partial charge is 0.0780 e. The third kappa shape index (κ3) is 16.6. The first-order chi connectivity index (χ1) is 6.50. The first-order valence-corrected chi connectivity index (χ1v) is 6.10. The van der Waals surface area contributed by atoms with Crippen LogP contribution in [0.25, 0.3) is 0 Å². The van der Waals surface area contributed by atoms with Gasteiger partial charge in [-0.2, -0.15) is 0 Å². The summed E-state index contributed by atoms with van der Waals surface area (Å²) in [6, 6.07) is 0. The number of hydrogen-bond acceptors (Lipinski definition) is 1. The summed E-state index contributed by atoms with van der Waals surface area (Å²) in [6.07, 6.45) is 2.67. The molecule has 0 fully saturated rings. The molecule has 0 aliphatic carbocycles. The second-order valence-corrected chi connectivity index (χ2v) is 6.34. The van der Waals surface area contributed by atoms with Gasteiger partial charge in [0.15, 0.2) is 0 Å². The van der Waals surface area contributed by atoms with E-state index in [1.54, 1.807) is 0 Å². The lowest BCUT2D eigenvalue weighted by Crippen LogP contribution is -2.37. The fourth-order valence-corrected chi connectivity index (χ4v) is 0.632. The quantitative estimate of drug-likeness (QED) is 0.720. The lowest BCUT2D eigenvalue weighted by atomic mass is 9.92. The van der Waals surface area contributed by atoms with Crippen molar-refractivity contribution in [2.75, 3.05) is 27.7 Å². The molecule has 0 aromatic heterocycles. The molecular weight excluding hydrogens is 184 g/mol. The van der Waals surface area contributed by atoms with Crippen LogP contribution in [0.2, 0.25) is 0 Å². The van der Waals surface area contributed by atoms with Crippen LogP contribution in [-0.2, 0) is 0 Å². The van der Waals surface area contributed by atoms with Crippen LogP contribution in [0.4, 0.5) is 0 Å². The van der Waals surface area contributed by atoms with Crippen molar-refractivity contribution in [1.82, 2.24) is 0 Å². The highest BCUT2D eigenvalue weighted by atomic mass is 15.3. The van der Waals surface area contributed by atoms with Gasteiger partial charge in [-0.3, -0.25) is 0 Å². The molecule has 0 heterocycles. The maximum atomic E-state index is 5.68. The maximum Gasteiger partial charge on any atom is 0.0780 e. The molecule has 0 unspecified atom stereocenters. The van der Waals surface area contributed by atoms with Gasteiger partial charge in [0.05, 0.1) is 27.7 Å². The van der Waals surface area contributed by atoms with Crippen LogP contribution in [-0.4, -0.2) is 37.7 Å². The molecular formula is C13H33N2+. The largest absolute Gasteiger partial charge is 0.331 e. The molecule has 0 atom stereocenters. The second-order valence-electron chi connectivity index (χ2n) is 6.34. The molecule has 0 saturated heterocycles. The molecule has 0 radical (unpaired) electrons. The summed E-state index contributed by atoms with van der Waals surface area (Å²) in [4.78, 5) is 0. The van der Waals surface area contributed by atoms with Gasteiger partial charge in [-0.25, -0.2) is 0 Å². The molecule has 94 valence electrons. The Morgan fingerprint density at radius 1 is 1.13 bits per heavy atom. The zero-order valence-electron chi connectivity index (χ0n) is 12.2. The second kappa shape index (κ2) is 7.24. The average Bonchev–Trinajstić information content (AvgIpc) is 1.98. The molecule has 0 aromatic carbocycles. The van der Waals surface area contributed by atoms with E-state index in [1.165, 1.54) is 19.4 Å². The van der Waals surface area contributed by atoms with Crippen LogP contribution in [0.5, 0.6) is 0 Å². The molecule has 2 heteroatoms. The predicted octanol–water partition coefficient (Wildman–Crippen LogP) is 2.87. The minimum Gasteiger partial charge on any atom is -0.331 e. The number of unbranched alkanes of at least 4 members (excludes halogenated alkanes) is 1. The zero-order chi connectivity index (χ0) is 12.7. The van der Waals surface area contributed by atoms with Crippen LogP contribution in [0.1, 0.15) is 47.5 Å². The molecule has 0 aromatic rings. The van der Waals surface area contributed by atoms with Gasteiger partial charge in [-0.15, -0.1) is 0 Å². The lowest BCUT2D eigenvalue weighted by molar-refractivity contribution is -0.870. The summed E-state index contributed by atoms with van der Waals surface area (Å²) >= 11 is 0. The lowest BCUT2D eigenvalue weighted by Gasteiger charge is -2.23. The highest BCUT2D eigenvalue weighted by molar-refractivity contribution is 4.74. The van der Waals surface area contributed by atoms with Crippen molar-refractivity contribution >= 4 is 0 Å². The molecule has 0 saturated carbocycles. The van der Waals surface area contributed by atoms with Gasteiger partial charge in [0, 0.05) is 5.54 Å².